The molecule has 0 amide bonds. The Bertz CT molecular complexity index is 410. The van der Waals surface area contributed by atoms with Gasteiger partial charge in [-0.2, -0.15) is 18.3 Å². The molecule has 0 aliphatic heterocycles. The van der Waals surface area contributed by atoms with E-state index in [-0.39, 0.29) is 25.2 Å². The second kappa shape index (κ2) is 6.58. The van der Waals surface area contributed by atoms with E-state index in [9.17, 15) is 13.2 Å². The van der Waals surface area contributed by atoms with Crippen molar-refractivity contribution in [2.75, 3.05) is 19.7 Å². The molecule has 0 atom stereocenters. The monoisotopic (exact) mass is 293 g/mol. The van der Waals surface area contributed by atoms with Crippen molar-refractivity contribution in [2.24, 2.45) is 0 Å². The second-order valence-corrected chi connectivity index (χ2v) is 5.87. The summed E-state index contributed by atoms with van der Waals surface area (Å²) in [5, 5.41) is 12.9. The average Bonchev–Trinajstić information content (AvgIpc) is 2.72. The highest BCUT2D eigenvalue weighted by Crippen LogP contribution is 2.19. The van der Waals surface area contributed by atoms with Crippen molar-refractivity contribution in [2.45, 2.75) is 45.5 Å². The molecule has 0 saturated heterocycles. The van der Waals surface area contributed by atoms with E-state index in [0.717, 1.165) is 5.56 Å². The summed E-state index contributed by atoms with van der Waals surface area (Å²) in [6.45, 7) is 5.21. The molecule has 1 rings (SSSR count). The SMILES string of the molecule is CC(C)(C)n1cc(CN(CCCO)CC(F)(F)F)cn1. The average molecular weight is 293 g/mol. The molecule has 0 radical (unpaired) electrons. The summed E-state index contributed by atoms with van der Waals surface area (Å²) in [7, 11) is 0. The van der Waals surface area contributed by atoms with Gasteiger partial charge in [-0.1, -0.05) is 0 Å². The summed E-state index contributed by atoms with van der Waals surface area (Å²) in [6.07, 6.45) is -0.561. The van der Waals surface area contributed by atoms with Gasteiger partial charge in [0.1, 0.15) is 0 Å². The first kappa shape index (κ1) is 17.0. The van der Waals surface area contributed by atoms with Gasteiger partial charge in [0.25, 0.3) is 0 Å². The van der Waals surface area contributed by atoms with Crippen LogP contribution in [0.25, 0.3) is 0 Å². The Kier molecular flexibility index (Phi) is 5.59. The van der Waals surface area contributed by atoms with E-state index in [1.807, 2.05) is 20.8 Å². The van der Waals surface area contributed by atoms with Gasteiger partial charge >= 0.3 is 6.18 Å². The number of nitrogens with zero attached hydrogens (tertiary/aromatic N) is 3. The third-order valence-corrected chi connectivity index (χ3v) is 2.76. The van der Waals surface area contributed by atoms with E-state index in [1.165, 1.54) is 4.90 Å². The zero-order valence-electron chi connectivity index (χ0n) is 12.1. The Morgan fingerprint density at radius 1 is 1.30 bits per heavy atom. The fourth-order valence-electron chi connectivity index (χ4n) is 1.83. The normalized spacial score (nSPS) is 13.2. The predicted molar refractivity (Wildman–Crippen MR) is 70.3 cm³/mol. The number of alkyl halides is 3. The van der Waals surface area contributed by atoms with Gasteiger partial charge in [-0.15, -0.1) is 0 Å². The molecule has 0 saturated carbocycles. The molecule has 1 N–H and O–H groups in total. The lowest BCUT2D eigenvalue weighted by molar-refractivity contribution is -0.147. The Labute approximate surface area is 117 Å². The van der Waals surface area contributed by atoms with E-state index in [2.05, 4.69) is 5.10 Å². The number of aromatic nitrogens is 2. The summed E-state index contributed by atoms with van der Waals surface area (Å²) in [5.74, 6) is 0. The first-order valence-electron chi connectivity index (χ1n) is 6.56. The van der Waals surface area contributed by atoms with E-state index in [4.69, 9.17) is 5.11 Å². The lowest BCUT2D eigenvalue weighted by Gasteiger charge is -2.23. The molecule has 0 unspecified atom stereocenters. The van der Waals surface area contributed by atoms with Crippen LogP contribution in [0.15, 0.2) is 12.4 Å². The standard InChI is InChI=1S/C13H22F3N3O/c1-12(2,3)19-9-11(7-17-19)8-18(5-4-6-20)10-13(14,15)16/h7,9,20H,4-6,8,10H2,1-3H3. The van der Waals surface area contributed by atoms with Crippen LogP contribution in [-0.4, -0.2) is 45.7 Å². The molecule has 116 valence electrons. The number of rotatable bonds is 6. The van der Waals surface area contributed by atoms with Crippen molar-refractivity contribution < 1.29 is 18.3 Å². The van der Waals surface area contributed by atoms with E-state index in [0.29, 0.717) is 6.42 Å². The number of aliphatic hydroxyl groups is 1. The maximum Gasteiger partial charge on any atom is 0.401 e. The summed E-state index contributed by atoms with van der Waals surface area (Å²) in [4.78, 5) is 1.28. The number of aliphatic hydroxyl groups excluding tert-OH is 1. The van der Waals surface area contributed by atoms with Crippen LogP contribution < -0.4 is 0 Å². The Morgan fingerprint density at radius 3 is 2.40 bits per heavy atom. The van der Waals surface area contributed by atoms with Crippen molar-refractivity contribution in [3.8, 4) is 0 Å². The molecule has 1 aromatic rings. The van der Waals surface area contributed by atoms with Crippen LogP contribution in [0.2, 0.25) is 0 Å². The van der Waals surface area contributed by atoms with Crippen molar-refractivity contribution in [3.05, 3.63) is 18.0 Å². The van der Waals surface area contributed by atoms with Crippen LogP contribution in [0.3, 0.4) is 0 Å². The Morgan fingerprint density at radius 2 is 1.95 bits per heavy atom. The third-order valence-electron chi connectivity index (χ3n) is 2.76. The highest BCUT2D eigenvalue weighted by Gasteiger charge is 2.30. The first-order chi connectivity index (χ1) is 9.12. The van der Waals surface area contributed by atoms with Crippen LogP contribution in [-0.2, 0) is 12.1 Å². The quantitative estimate of drug-likeness (QED) is 0.875. The summed E-state index contributed by atoms with van der Waals surface area (Å²) in [6, 6.07) is 0. The second-order valence-electron chi connectivity index (χ2n) is 5.87. The number of halogens is 3. The maximum atomic E-state index is 12.5. The molecule has 0 aliphatic carbocycles. The topological polar surface area (TPSA) is 41.3 Å². The van der Waals surface area contributed by atoms with Crippen molar-refractivity contribution in [1.29, 1.82) is 0 Å². The van der Waals surface area contributed by atoms with Gasteiger partial charge in [-0.05, 0) is 27.2 Å². The molecule has 0 aromatic carbocycles. The van der Waals surface area contributed by atoms with Gasteiger partial charge in [0, 0.05) is 31.5 Å². The van der Waals surface area contributed by atoms with Crippen LogP contribution in [0.5, 0.6) is 0 Å². The summed E-state index contributed by atoms with van der Waals surface area (Å²) in [5.41, 5.74) is 0.542. The molecule has 1 aromatic heterocycles. The van der Waals surface area contributed by atoms with Gasteiger partial charge < -0.3 is 5.11 Å². The Hall–Kier alpha value is -1.08. The van der Waals surface area contributed by atoms with Gasteiger partial charge in [0.15, 0.2) is 0 Å². The minimum atomic E-state index is -4.24. The molecular formula is C13H22F3N3O. The zero-order valence-corrected chi connectivity index (χ0v) is 12.1. The molecule has 7 heteroatoms. The lowest BCUT2D eigenvalue weighted by Crippen LogP contribution is -2.34. The fraction of sp³-hybridized carbons (Fsp3) is 0.769. The highest BCUT2D eigenvalue weighted by atomic mass is 19.4. The lowest BCUT2D eigenvalue weighted by atomic mass is 10.1. The molecule has 0 bridgehead atoms. The molecule has 0 aliphatic rings. The summed E-state index contributed by atoms with van der Waals surface area (Å²) < 4.78 is 39.3. The molecular weight excluding hydrogens is 271 g/mol. The smallest absolute Gasteiger partial charge is 0.396 e. The minimum absolute atomic E-state index is 0.115. The predicted octanol–water partition coefficient (Wildman–Crippen LogP) is 2.38. The fourth-order valence-corrected chi connectivity index (χ4v) is 1.83. The van der Waals surface area contributed by atoms with Crippen LogP contribution in [0, 0.1) is 0 Å². The molecule has 0 spiro atoms. The first-order valence-corrected chi connectivity index (χ1v) is 6.56. The minimum Gasteiger partial charge on any atom is -0.396 e. The third kappa shape index (κ3) is 5.92. The van der Waals surface area contributed by atoms with Crippen molar-refractivity contribution in [3.63, 3.8) is 0 Å². The zero-order chi connectivity index (χ0) is 15.4. The molecule has 1 heterocycles. The van der Waals surface area contributed by atoms with Gasteiger partial charge in [-0.25, -0.2) is 0 Å². The van der Waals surface area contributed by atoms with Gasteiger partial charge in [0.2, 0.25) is 0 Å². The largest absolute Gasteiger partial charge is 0.401 e. The number of hydrogen-bond acceptors (Lipinski definition) is 3. The maximum absolute atomic E-state index is 12.5. The van der Waals surface area contributed by atoms with E-state index < -0.39 is 12.7 Å². The molecule has 20 heavy (non-hydrogen) atoms. The van der Waals surface area contributed by atoms with E-state index in [1.54, 1.807) is 17.1 Å². The van der Waals surface area contributed by atoms with Crippen LogP contribution >= 0.6 is 0 Å². The highest BCUT2D eigenvalue weighted by molar-refractivity contribution is 5.05. The summed E-state index contributed by atoms with van der Waals surface area (Å²) >= 11 is 0. The number of hydrogen-bond donors (Lipinski definition) is 1. The van der Waals surface area contributed by atoms with Crippen molar-refractivity contribution >= 4 is 0 Å². The van der Waals surface area contributed by atoms with Crippen LogP contribution in [0.1, 0.15) is 32.8 Å². The molecule has 4 nitrogen and oxygen atoms in total. The van der Waals surface area contributed by atoms with Gasteiger partial charge in [-0.3, -0.25) is 9.58 Å². The Balaban J connectivity index is 2.71. The van der Waals surface area contributed by atoms with Crippen LogP contribution in [0.4, 0.5) is 13.2 Å². The van der Waals surface area contributed by atoms with E-state index >= 15 is 0 Å². The van der Waals surface area contributed by atoms with Gasteiger partial charge in [0.05, 0.1) is 18.3 Å². The van der Waals surface area contributed by atoms with Crippen molar-refractivity contribution in [1.82, 2.24) is 14.7 Å². The molecule has 0 fully saturated rings.